The van der Waals surface area contributed by atoms with Crippen LogP contribution in [0, 0.1) is 6.92 Å². The molecule has 0 aromatic heterocycles. The molecule has 2 aliphatic rings. The Labute approximate surface area is 182 Å². The van der Waals surface area contributed by atoms with Gasteiger partial charge in [0, 0.05) is 25.2 Å². The zero-order valence-corrected chi connectivity index (χ0v) is 19.0. The van der Waals surface area contributed by atoms with Gasteiger partial charge in [0.15, 0.2) is 18.0 Å². The van der Waals surface area contributed by atoms with Crippen LogP contribution in [0.3, 0.4) is 0 Å². The van der Waals surface area contributed by atoms with Crippen molar-refractivity contribution in [3.8, 4) is 0 Å². The van der Waals surface area contributed by atoms with Crippen molar-refractivity contribution < 1.29 is 36.5 Å². The second-order valence-corrected chi connectivity index (χ2v) is 11.8. The van der Waals surface area contributed by atoms with Gasteiger partial charge >= 0.3 is 12.1 Å². The molecule has 5 nitrogen and oxygen atoms in total. The van der Waals surface area contributed by atoms with E-state index in [0.29, 0.717) is 35.4 Å². The summed E-state index contributed by atoms with van der Waals surface area (Å²) in [7, 11) is 1.55. The normalized spacial score (nSPS) is 26.2. The van der Waals surface area contributed by atoms with Crippen molar-refractivity contribution in [3.05, 3.63) is 40.1 Å². The SMILES string of the molecule is COC1CCC2(C1)OC(=O)C(c1ccc(Cl)cc1C)=C2OP(C)(=S)OCC(F)(F)F. The van der Waals surface area contributed by atoms with E-state index < -0.39 is 30.8 Å². The minimum Gasteiger partial charge on any atom is -0.447 e. The van der Waals surface area contributed by atoms with E-state index in [1.54, 1.807) is 32.2 Å². The predicted octanol–water partition coefficient (Wildman–Crippen LogP) is 5.39. The standard InChI is InChI=1S/C19H21ClF3O5PS/c1-11-8-12(20)4-5-14(11)15-16(28-29(3,30)26-10-19(21,22)23)18(27-17(15)24)7-6-13(9-18)25-2/h4-5,8,13H,6-7,9-10H2,1-3H3. The maximum Gasteiger partial charge on any atom is 0.412 e. The second-order valence-electron chi connectivity index (χ2n) is 7.40. The fourth-order valence-corrected chi connectivity index (χ4v) is 5.34. The molecule has 11 heteroatoms. The van der Waals surface area contributed by atoms with Gasteiger partial charge in [0.1, 0.15) is 5.57 Å². The van der Waals surface area contributed by atoms with Gasteiger partial charge in [0.2, 0.25) is 6.49 Å². The lowest BCUT2D eigenvalue weighted by Crippen LogP contribution is -2.31. The summed E-state index contributed by atoms with van der Waals surface area (Å²) in [5.74, 6) is -0.511. The number of aryl methyl sites for hydroxylation is 1. The fraction of sp³-hybridized carbons (Fsp3) is 0.526. The van der Waals surface area contributed by atoms with Crippen molar-refractivity contribution in [2.75, 3.05) is 20.4 Å². The highest BCUT2D eigenvalue weighted by atomic mass is 35.5. The number of halogens is 4. The molecule has 1 aliphatic heterocycles. The Balaban J connectivity index is 2.07. The highest BCUT2D eigenvalue weighted by Crippen LogP contribution is 2.57. The van der Waals surface area contributed by atoms with Crippen LogP contribution in [0.5, 0.6) is 0 Å². The van der Waals surface area contributed by atoms with E-state index in [2.05, 4.69) is 0 Å². The second kappa shape index (κ2) is 8.43. The van der Waals surface area contributed by atoms with Crippen LogP contribution in [0.25, 0.3) is 5.57 Å². The lowest BCUT2D eigenvalue weighted by atomic mass is 9.93. The zero-order chi connectivity index (χ0) is 22.3. The number of rotatable bonds is 6. The van der Waals surface area contributed by atoms with Gasteiger partial charge in [-0.3, -0.25) is 0 Å². The molecule has 166 valence electrons. The van der Waals surface area contributed by atoms with Crippen LogP contribution >= 0.6 is 18.1 Å². The molecule has 1 saturated carbocycles. The first kappa shape index (κ1) is 23.5. The summed E-state index contributed by atoms with van der Waals surface area (Å²) in [6.45, 7) is -1.87. The monoisotopic (exact) mass is 484 g/mol. The number of methoxy groups -OCH3 is 1. The number of hydrogen-bond acceptors (Lipinski definition) is 6. The van der Waals surface area contributed by atoms with Crippen LogP contribution in [-0.2, 0) is 35.1 Å². The third-order valence-corrected chi connectivity index (χ3v) is 6.96. The van der Waals surface area contributed by atoms with E-state index in [4.69, 9.17) is 41.9 Å². The van der Waals surface area contributed by atoms with Crippen LogP contribution in [0.15, 0.2) is 24.0 Å². The lowest BCUT2D eigenvalue weighted by molar-refractivity contribution is -0.153. The quantitative estimate of drug-likeness (QED) is 0.399. The van der Waals surface area contributed by atoms with Crippen LogP contribution in [0.1, 0.15) is 30.4 Å². The van der Waals surface area contributed by atoms with Gasteiger partial charge in [0.05, 0.1) is 6.10 Å². The number of carbonyl (C=O) groups is 1. The molecular formula is C19H21ClF3O5PS. The Morgan fingerprint density at radius 3 is 2.67 bits per heavy atom. The van der Waals surface area contributed by atoms with Crippen LogP contribution in [0.4, 0.5) is 13.2 Å². The highest BCUT2D eigenvalue weighted by Gasteiger charge is 2.55. The Kier molecular flexibility index (Phi) is 6.62. The molecule has 3 atom stereocenters. The van der Waals surface area contributed by atoms with Crippen molar-refractivity contribution in [2.24, 2.45) is 0 Å². The van der Waals surface area contributed by atoms with Crippen molar-refractivity contribution in [2.45, 2.75) is 44.1 Å². The van der Waals surface area contributed by atoms with Gasteiger partial charge < -0.3 is 18.5 Å². The molecule has 0 amide bonds. The first-order chi connectivity index (χ1) is 13.9. The Morgan fingerprint density at radius 2 is 2.10 bits per heavy atom. The Bertz CT molecular complexity index is 935. The van der Waals surface area contributed by atoms with Crippen molar-refractivity contribution in [1.82, 2.24) is 0 Å². The van der Waals surface area contributed by atoms with Gasteiger partial charge in [-0.1, -0.05) is 17.7 Å². The minimum absolute atomic E-state index is 0.116. The summed E-state index contributed by atoms with van der Waals surface area (Å²) >= 11 is 11.3. The van der Waals surface area contributed by atoms with E-state index in [1.807, 2.05) is 0 Å². The van der Waals surface area contributed by atoms with E-state index >= 15 is 0 Å². The van der Waals surface area contributed by atoms with Gasteiger partial charge in [-0.15, -0.1) is 0 Å². The molecule has 3 unspecified atom stereocenters. The average molecular weight is 485 g/mol. The first-order valence-corrected chi connectivity index (χ1v) is 12.6. The molecular weight excluding hydrogens is 464 g/mol. The molecule has 0 bridgehead atoms. The number of carbonyl (C=O) groups excluding carboxylic acids is 1. The summed E-state index contributed by atoms with van der Waals surface area (Å²) in [6, 6.07) is 4.94. The predicted molar refractivity (Wildman–Crippen MR) is 110 cm³/mol. The topological polar surface area (TPSA) is 54.0 Å². The highest BCUT2D eigenvalue weighted by molar-refractivity contribution is 8.09. The van der Waals surface area contributed by atoms with E-state index in [1.165, 1.54) is 6.66 Å². The third kappa shape index (κ3) is 5.02. The van der Waals surface area contributed by atoms with E-state index in [0.717, 1.165) is 0 Å². The van der Waals surface area contributed by atoms with Gasteiger partial charge in [-0.25, -0.2) is 4.79 Å². The van der Waals surface area contributed by atoms with Crippen molar-refractivity contribution in [3.63, 3.8) is 0 Å². The van der Waals surface area contributed by atoms with Crippen molar-refractivity contribution >= 4 is 41.4 Å². The molecule has 3 rings (SSSR count). The van der Waals surface area contributed by atoms with E-state index in [9.17, 15) is 18.0 Å². The maximum atomic E-state index is 12.9. The average Bonchev–Trinajstić information content (AvgIpc) is 3.15. The maximum absolute atomic E-state index is 12.9. The van der Waals surface area contributed by atoms with Crippen molar-refractivity contribution in [1.29, 1.82) is 0 Å². The molecule has 0 saturated heterocycles. The molecule has 30 heavy (non-hydrogen) atoms. The summed E-state index contributed by atoms with van der Waals surface area (Å²) in [5.41, 5.74) is 0.186. The summed E-state index contributed by atoms with van der Waals surface area (Å²) < 4.78 is 59.9. The number of esters is 1. The largest absolute Gasteiger partial charge is 0.447 e. The molecule has 1 aromatic carbocycles. The molecule has 1 spiro atoms. The number of hydrogen-bond donors (Lipinski definition) is 0. The molecule has 1 aliphatic carbocycles. The Morgan fingerprint density at radius 1 is 1.40 bits per heavy atom. The molecule has 1 aromatic rings. The number of benzene rings is 1. The van der Waals surface area contributed by atoms with Crippen LogP contribution in [-0.4, -0.2) is 44.2 Å². The molecule has 0 radical (unpaired) electrons. The van der Waals surface area contributed by atoms with Gasteiger partial charge in [0.25, 0.3) is 0 Å². The number of alkyl halides is 3. The summed E-state index contributed by atoms with van der Waals surface area (Å²) in [5, 5.41) is 0.481. The molecule has 1 heterocycles. The smallest absolute Gasteiger partial charge is 0.412 e. The van der Waals surface area contributed by atoms with E-state index in [-0.39, 0.29) is 17.4 Å². The number of ether oxygens (including phenoxy) is 2. The first-order valence-electron chi connectivity index (χ1n) is 9.12. The van der Waals surface area contributed by atoms with Crippen LogP contribution < -0.4 is 0 Å². The van der Waals surface area contributed by atoms with Gasteiger partial charge in [-0.05, 0) is 54.8 Å². The fourth-order valence-electron chi connectivity index (χ4n) is 3.71. The van der Waals surface area contributed by atoms with Crippen LogP contribution in [0.2, 0.25) is 5.02 Å². The zero-order valence-electron chi connectivity index (χ0n) is 16.5. The minimum atomic E-state index is -4.55. The summed E-state index contributed by atoms with van der Waals surface area (Å²) in [6.07, 6.45) is -3.43. The third-order valence-electron chi connectivity index (χ3n) is 5.07. The Hall–Kier alpha value is -1.12. The lowest BCUT2D eigenvalue weighted by Gasteiger charge is -2.29. The molecule has 0 N–H and O–H groups in total. The van der Waals surface area contributed by atoms with Gasteiger partial charge in [-0.2, -0.15) is 13.2 Å². The summed E-state index contributed by atoms with van der Waals surface area (Å²) in [4.78, 5) is 12.9. The molecule has 1 fully saturated rings.